The summed E-state index contributed by atoms with van der Waals surface area (Å²) in [4.78, 5) is 24.5. The molecular formula is C21H23NO4. The number of fused-ring (bicyclic) bond motifs is 1. The van der Waals surface area contributed by atoms with Crippen molar-refractivity contribution in [2.75, 3.05) is 19.0 Å². The first kappa shape index (κ1) is 18.0. The van der Waals surface area contributed by atoms with Crippen molar-refractivity contribution in [3.63, 3.8) is 0 Å². The Morgan fingerprint density at radius 2 is 1.77 bits per heavy atom. The van der Waals surface area contributed by atoms with E-state index in [9.17, 15) is 14.7 Å². The van der Waals surface area contributed by atoms with Crippen molar-refractivity contribution in [3.05, 3.63) is 58.1 Å². The topological polar surface area (TPSA) is 75.6 Å². The number of methoxy groups -OCH3 is 1. The molecule has 3 rings (SSSR count). The van der Waals surface area contributed by atoms with Gasteiger partial charge in [-0.3, -0.25) is 4.79 Å². The summed E-state index contributed by atoms with van der Waals surface area (Å²) in [6, 6.07) is 8.04. The van der Waals surface area contributed by atoms with Crippen LogP contribution in [-0.2, 0) is 10.2 Å². The molecule has 0 saturated carbocycles. The molecule has 0 saturated heterocycles. The van der Waals surface area contributed by atoms with Crippen molar-refractivity contribution >= 4 is 17.4 Å². The highest BCUT2D eigenvalue weighted by Gasteiger charge is 2.31. The maximum atomic E-state index is 13.0. The van der Waals surface area contributed by atoms with Crippen molar-refractivity contribution in [3.8, 4) is 5.75 Å². The summed E-state index contributed by atoms with van der Waals surface area (Å²) in [5.41, 5.74) is 3.62. The predicted octanol–water partition coefficient (Wildman–Crippen LogP) is 3.81. The van der Waals surface area contributed by atoms with Crippen LogP contribution in [0.2, 0.25) is 0 Å². The van der Waals surface area contributed by atoms with E-state index in [0.29, 0.717) is 16.7 Å². The van der Waals surface area contributed by atoms with Crippen molar-refractivity contribution < 1.29 is 19.4 Å². The van der Waals surface area contributed by atoms with Gasteiger partial charge in [-0.15, -0.1) is 0 Å². The molecular weight excluding hydrogens is 330 g/mol. The zero-order chi connectivity index (χ0) is 19.1. The summed E-state index contributed by atoms with van der Waals surface area (Å²) in [6.07, 6.45) is 0.950. The second-order valence-electron chi connectivity index (χ2n) is 7.28. The summed E-state index contributed by atoms with van der Waals surface area (Å²) in [5.74, 6) is -0.730. The van der Waals surface area contributed by atoms with E-state index in [0.717, 1.165) is 24.2 Å². The van der Waals surface area contributed by atoms with Gasteiger partial charge in [0.25, 0.3) is 0 Å². The molecule has 2 N–H and O–H groups in total. The molecule has 136 valence electrons. The molecule has 1 heterocycles. The van der Waals surface area contributed by atoms with Gasteiger partial charge in [-0.05, 0) is 42.5 Å². The third-order valence-corrected chi connectivity index (χ3v) is 5.14. The van der Waals surface area contributed by atoms with Crippen LogP contribution >= 0.6 is 0 Å². The number of aromatic hydroxyl groups is 1. The number of ether oxygens (including phenoxy) is 1. The van der Waals surface area contributed by atoms with Gasteiger partial charge in [-0.1, -0.05) is 26.0 Å². The van der Waals surface area contributed by atoms with E-state index in [4.69, 9.17) is 0 Å². The molecule has 5 heteroatoms. The fraction of sp³-hybridized carbons (Fsp3) is 0.333. The molecule has 2 aromatic carbocycles. The van der Waals surface area contributed by atoms with Crippen molar-refractivity contribution in [2.24, 2.45) is 0 Å². The molecule has 0 aromatic heterocycles. The second-order valence-corrected chi connectivity index (χ2v) is 7.28. The highest BCUT2D eigenvalue weighted by molar-refractivity contribution is 6.11. The van der Waals surface area contributed by atoms with Gasteiger partial charge in [0.05, 0.1) is 18.2 Å². The van der Waals surface area contributed by atoms with Crippen LogP contribution in [-0.4, -0.2) is 30.5 Å². The van der Waals surface area contributed by atoms with E-state index in [1.165, 1.54) is 7.11 Å². The lowest BCUT2D eigenvalue weighted by Gasteiger charge is -2.35. The largest absolute Gasteiger partial charge is 0.507 e. The molecule has 26 heavy (non-hydrogen) atoms. The number of phenolic OH excluding ortho intramolecular Hbond substituents is 1. The number of hydrogen-bond acceptors (Lipinski definition) is 5. The second kappa shape index (κ2) is 6.48. The van der Waals surface area contributed by atoms with Gasteiger partial charge < -0.3 is 15.2 Å². The summed E-state index contributed by atoms with van der Waals surface area (Å²) in [7, 11) is 1.31. The minimum Gasteiger partial charge on any atom is -0.507 e. The molecule has 2 aromatic rings. The molecule has 0 unspecified atom stereocenters. The average Bonchev–Trinajstić information content (AvgIpc) is 2.63. The SMILES string of the molecule is COC(=O)c1ccc(C(=O)c2cc3c(c(C)c2O)NCCC3(C)C)cc1. The van der Waals surface area contributed by atoms with Crippen LogP contribution < -0.4 is 5.32 Å². The number of carbonyl (C=O) groups is 2. The Labute approximate surface area is 153 Å². The maximum absolute atomic E-state index is 13.0. The Bertz CT molecular complexity index is 882. The summed E-state index contributed by atoms with van der Waals surface area (Å²) >= 11 is 0. The standard InChI is InChI=1S/C21H23NO4/c1-12-17-16(21(2,3)9-10-22-17)11-15(18(12)23)19(24)13-5-7-14(8-6-13)20(25)26-4/h5-8,11,22-23H,9-10H2,1-4H3. The summed E-state index contributed by atoms with van der Waals surface area (Å²) in [6.45, 7) is 6.94. The molecule has 0 spiro atoms. The van der Waals surface area contributed by atoms with Gasteiger partial charge in [0.1, 0.15) is 5.75 Å². The Morgan fingerprint density at radius 1 is 1.15 bits per heavy atom. The van der Waals surface area contributed by atoms with Crippen molar-refractivity contribution in [2.45, 2.75) is 32.6 Å². The molecule has 0 fully saturated rings. The van der Waals surface area contributed by atoms with Gasteiger partial charge >= 0.3 is 5.97 Å². The van der Waals surface area contributed by atoms with E-state index < -0.39 is 5.97 Å². The normalized spacial score (nSPS) is 14.9. The Morgan fingerprint density at radius 3 is 2.38 bits per heavy atom. The van der Waals surface area contributed by atoms with Gasteiger partial charge in [0.2, 0.25) is 0 Å². The fourth-order valence-electron chi connectivity index (χ4n) is 3.41. The lowest BCUT2D eigenvalue weighted by atomic mass is 9.76. The van der Waals surface area contributed by atoms with Crippen molar-refractivity contribution in [1.29, 1.82) is 0 Å². The zero-order valence-electron chi connectivity index (χ0n) is 15.5. The smallest absolute Gasteiger partial charge is 0.337 e. The van der Waals surface area contributed by atoms with Crippen LogP contribution in [0.25, 0.3) is 0 Å². The average molecular weight is 353 g/mol. The molecule has 0 aliphatic carbocycles. The molecule has 0 radical (unpaired) electrons. The summed E-state index contributed by atoms with van der Waals surface area (Å²) in [5, 5.41) is 13.9. The first-order valence-corrected chi connectivity index (χ1v) is 8.60. The van der Waals surface area contributed by atoms with Gasteiger partial charge in [-0.25, -0.2) is 4.79 Å². The Kier molecular flexibility index (Phi) is 4.48. The zero-order valence-corrected chi connectivity index (χ0v) is 15.5. The van der Waals surface area contributed by atoms with E-state index in [1.54, 1.807) is 30.3 Å². The number of carbonyl (C=O) groups excluding carboxylic acids is 2. The van der Waals surface area contributed by atoms with E-state index >= 15 is 0 Å². The third kappa shape index (κ3) is 2.94. The Balaban J connectivity index is 2.05. The fourth-order valence-corrected chi connectivity index (χ4v) is 3.41. The molecule has 1 aliphatic rings. The van der Waals surface area contributed by atoms with E-state index in [-0.39, 0.29) is 22.5 Å². The number of hydrogen-bond donors (Lipinski definition) is 2. The predicted molar refractivity (Wildman–Crippen MR) is 100 cm³/mol. The minimum absolute atomic E-state index is 0.00371. The van der Waals surface area contributed by atoms with Crippen LogP contribution in [0.3, 0.4) is 0 Å². The first-order valence-electron chi connectivity index (χ1n) is 8.60. The monoisotopic (exact) mass is 353 g/mol. The number of anilines is 1. The van der Waals surface area contributed by atoms with Crippen LogP contribution in [0, 0.1) is 6.92 Å². The van der Waals surface area contributed by atoms with Crippen LogP contribution in [0.4, 0.5) is 5.69 Å². The van der Waals surface area contributed by atoms with Gasteiger partial charge in [0.15, 0.2) is 5.78 Å². The first-order chi connectivity index (χ1) is 12.3. The quantitative estimate of drug-likeness (QED) is 0.648. The lowest BCUT2D eigenvalue weighted by molar-refractivity contribution is 0.0600. The van der Waals surface area contributed by atoms with Crippen LogP contribution in [0.5, 0.6) is 5.75 Å². The minimum atomic E-state index is -0.454. The lowest BCUT2D eigenvalue weighted by Crippen LogP contribution is -2.29. The maximum Gasteiger partial charge on any atom is 0.337 e. The molecule has 0 bridgehead atoms. The highest BCUT2D eigenvalue weighted by atomic mass is 16.5. The third-order valence-electron chi connectivity index (χ3n) is 5.14. The molecule has 0 atom stereocenters. The molecule has 5 nitrogen and oxygen atoms in total. The Hall–Kier alpha value is -2.82. The number of rotatable bonds is 3. The van der Waals surface area contributed by atoms with E-state index in [2.05, 4.69) is 23.9 Å². The van der Waals surface area contributed by atoms with Gasteiger partial charge in [-0.2, -0.15) is 0 Å². The van der Waals surface area contributed by atoms with Gasteiger partial charge in [0, 0.05) is 23.4 Å². The molecule has 0 amide bonds. The number of esters is 1. The highest BCUT2D eigenvalue weighted by Crippen LogP contribution is 2.43. The van der Waals surface area contributed by atoms with Crippen LogP contribution in [0.1, 0.15) is 57.7 Å². The van der Waals surface area contributed by atoms with Crippen LogP contribution in [0.15, 0.2) is 30.3 Å². The van der Waals surface area contributed by atoms with E-state index in [1.807, 2.05) is 6.92 Å². The summed E-state index contributed by atoms with van der Waals surface area (Å²) < 4.78 is 4.67. The number of ketones is 1. The molecule has 1 aliphatic heterocycles. The number of nitrogens with one attached hydrogen (secondary N) is 1. The number of phenols is 1. The van der Waals surface area contributed by atoms with Crippen molar-refractivity contribution in [1.82, 2.24) is 0 Å². The number of benzene rings is 2.